The third kappa shape index (κ3) is 4.30. The Balaban J connectivity index is 1.45. The number of carbonyl (C=O) groups excluding carboxylic acids is 1. The van der Waals surface area contributed by atoms with Crippen molar-refractivity contribution in [1.29, 1.82) is 0 Å². The van der Waals surface area contributed by atoms with Crippen LogP contribution in [0.5, 0.6) is 5.75 Å². The van der Waals surface area contributed by atoms with E-state index in [1.807, 2.05) is 18.3 Å². The molecule has 8 heteroatoms. The summed E-state index contributed by atoms with van der Waals surface area (Å²) < 4.78 is 7.22. The lowest BCUT2D eigenvalue weighted by atomic mass is 9.90. The fourth-order valence-corrected chi connectivity index (χ4v) is 4.71. The Bertz CT molecular complexity index is 1200. The van der Waals surface area contributed by atoms with Crippen molar-refractivity contribution in [3.63, 3.8) is 0 Å². The van der Waals surface area contributed by atoms with E-state index in [-0.39, 0.29) is 5.91 Å². The van der Waals surface area contributed by atoms with E-state index < -0.39 is 0 Å². The number of rotatable bonds is 9. The molecule has 1 saturated carbocycles. The molecule has 34 heavy (non-hydrogen) atoms. The zero-order valence-corrected chi connectivity index (χ0v) is 20.2. The molecule has 0 aliphatic heterocycles. The molecule has 1 aromatic carbocycles. The van der Waals surface area contributed by atoms with Gasteiger partial charge in [-0.25, -0.2) is 14.6 Å². The van der Waals surface area contributed by atoms with Gasteiger partial charge in [0.25, 0.3) is 11.9 Å². The third-order valence-electron chi connectivity index (χ3n) is 6.90. The molecule has 0 saturated heterocycles. The summed E-state index contributed by atoms with van der Waals surface area (Å²) in [5.74, 6) is 1.57. The van der Waals surface area contributed by atoms with E-state index in [0.29, 0.717) is 24.0 Å². The first-order valence-electron chi connectivity index (χ1n) is 12.2. The van der Waals surface area contributed by atoms with Crippen molar-refractivity contribution in [2.75, 3.05) is 33.3 Å². The van der Waals surface area contributed by atoms with Gasteiger partial charge in [0, 0.05) is 30.8 Å². The number of nitrogens with zero attached hydrogens (tertiary/aromatic N) is 5. The second-order valence-electron chi connectivity index (χ2n) is 8.98. The number of methoxy groups -OCH3 is 1. The van der Waals surface area contributed by atoms with Crippen LogP contribution in [-0.4, -0.2) is 63.8 Å². The largest absolute Gasteiger partial charge is 0.497 e. The van der Waals surface area contributed by atoms with Gasteiger partial charge < -0.3 is 15.0 Å². The van der Waals surface area contributed by atoms with Crippen LogP contribution < -0.4 is 10.1 Å². The molecule has 2 aliphatic rings. The van der Waals surface area contributed by atoms with Crippen LogP contribution in [0, 0.1) is 0 Å². The SMILES string of the molecule is CCN(CC)CCNC(=O)c1cnn(-c2ncc3c(n2)-c2cc(OC)ccc2CC3)c1C1CC1. The minimum absolute atomic E-state index is 0.0756. The summed E-state index contributed by atoms with van der Waals surface area (Å²) in [7, 11) is 1.68. The number of ether oxygens (including phenoxy) is 1. The molecule has 0 spiro atoms. The number of aromatic nitrogens is 4. The van der Waals surface area contributed by atoms with Crippen molar-refractivity contribution in [2.24, 2.45) is 0 Å². The molecular formula is C26H32N6O2. The highest BCUT2D eigenvalue weighted by Gasteiger charge is 2.34. The Labute approximate surface area is 200 Å². The minimum Gasteiger partial charge on any atom is -0.497 e. The van der Waals surface area contributed by atoms with Gasteiger partial charge in [-0.15, -0.1) is 0 Å². The van der Waals surface area contributed by atoms with E-state index in [2.05, 4.69) is 40.2 Å². The van der Waals surface area contributed by atoms with Crippen molar-refractivity contribution in [3.8, 4) is 23.0 Å². The molecule has 2 aliphatic carbocycles. The summed E-state index contributed by atoms with van der Waals surface area (Å²) >= 11 is 0. The Morgan fingerprint density at radius 1 is 1.18 bits per heavy atom. The molecule has 0 atom stereocenters. The molecule has 1 N–H and O–H groups in total. The maximum absolute atomic E-state index is 13.0. The number of fused-ring (bicyclic) bond motifs is 3. The van der Waals surface area contributed by atoms with Gasteiger partial charge >= 0.3 is 0 Å². The molecule has 1 amide bonds. The van der Waals surface area contributed by atoms with Gasteiger partial charge in [-0.05, 0) is 62.0 Å². The molecule has 2 aromatic heterocycles. The molecule has 0 bridgehead atoms. The smallest absolute Gasteiger partial charge is 0.254 e. The molecule has 8 nitrogen and oxygen atoms in total. The summed E-state index contributed by atoms with van der Waals surface area (Å²) in [6.45, 7) is 7.66. The molecule has 178 valence electrons. The average molecular weight is 461 g/mol. The number of hydrogen-bond acceptors (Lipinski definition) is 6. The van der Waals surface area contributed by atoms with Crippen LogP contribution >= 0.6 is 0 Å². The molecule has 0 unspecified atom stereocenters. The fraction of sp³-hybridized carbons (Fsp3) is 0.462. The van der Waals surface area contributed by atoms with Gasteiger partial charge in [-0.2, -0.15) is 5.10 Å². The number of benzene rings is 1. The monoisotopic (exact) mass is 460 g/mol. The Morgan fingerprint density at radius 3 is 2.71 bits per heavy atom. The predicted molar refractivity (Wildman–Crippen MR) is 131 cm³/mol. The summed E-state index contributed by atoms with van der Waals surface area (Å²) in [6, 6.07) is 6.16. The number of hydrogen-bond donors (Lipinski definition) is 1. The lowest BCUT2D eigenvalue weighted by Crippen LogP contribution is -2.35. The topological polar surface area (TPSA) is 85.2 Å². The maximum atomic E-state index is 13.0. The van der Waals surface area contributed by atoms with Crippen molar-refractivity contribution >= 4 is 5.91 Å². The summed E-state index contributed by atoms with van der Waals surface area (Å²) in [6.07, 6.45) is 7.54. The summed E-state index contributed by atoms with van der Waals surface area (Å²) in [5.41, 5.74) is 5.94. The molecular weight excluding hydrogens is 428 g/mol. The first kappa shape index (κ1) is 22.5. The van der Waals surface area contributed by atoms with Gasteiger partial charge in [0.15, 0.2) is 0 Å². The van der Waals surface area contributed by atoms with E-state index in [1.165, 1.54) is 5.56 Å². The van der Waals surface area contributed by atoms with E-state index >= 15 is 0 Å². The minimum atomic E-state index is -0.0756. The summed E-state index contributed by atoms with van der Waals surface area (Å²) in [4.78, 5) is 24.9. The number of carbonyl (C=O) groups is 1. The number of aryl methyl sites for hydroxylation is 2. The number of amides is 1. The second-order valence-corrected chi connectivity index (χ2v) is 8.98. The van der Waals surface area contributed by atoms with E-state index in [4.69, 9.17) is 9.72 Å². The van der Waals surface area contributed by atoms with Gasteiger partial charge in [0.1, 0.15) is 5.75 Å². The number of likely N-dealkylation sites (N-methyl/N-ethyl adjacent to an activating group) is 1. The lowest BCUT2D eigenvalue weighted by Gasteiger charge is -2.20. The standard InChI is InChI=1S/C26H32N6O2/c1-4-31(5-2)13-12-27-25(33)22-16-29-32(24(22)18-7-8-18)26-28-15-19-9-6-17-10-11-20(34-3)14-21(17)23(19)30-26/h10-11,14-16,18H,4-9,12-13H2,1-3H3,(H,27,33). The predicted octanol–water partition coefficient (Wildman–Crippen LogP) is 3.39. The van der Waals surface area contributed by atoms with Gasteiger partial charge in [-0.3, -0.25) is 4.79 Å². The average Bonchev–Trinajstić information content (AvgIpc) is 3.63. The zero-order chi connectivity index (χ0) is 23.7. The Kier molecular flexibility index (Phi) is 6.32. The maximum Gasteiger partial charge on any atom is 0.254 e. The van der Waals surface area contributed by atoms with Gasteiger partial charge in [0.05, 0.1) is 30.3 Å². The Morgan fingerprint density at radius 2 is 1.97 bits per heavy atom. The summed E-state index contributed by atoms with van der Waals surface area (Å²) in [5, 5.41) is 7.65. The molecule has 0 radical (unpaired) electrons. The highest BCUT2D eigenvalue weighted by molar-refractivity contribution is 5.95. The first-order chi connectivity index (χ1) is 16.6. The first-order valence-corrected chi connectivity index (χ1v) is 12.2. The zero-order valence-electron chi connectivity index (χ0n) is 20.2. The van der Waals surface area contributed by atoms with E-state index in [9.17, 15) is 4.79 Å². The van der Waals surface area contributed by atoms with Crippen molar-refractivity contribution < 1.29 is 9.53 Å². The highest BCUT2D eigenvalue weighted by atomic mass is 16.5. The highest BCUT2D eigenvalue weighted by Crippen LogP contribution is 2.42. The lowest BCUT2D eigenvalue weighted by molar-refractivity contribution is 0.0948. The Hall–Kier alpha value is -3.26. The van der Waals surface area contributed by atoms with Gasteiger partial charge in [-0.1, -0.05) is 19.9 Å². The fourth-order valence-electron chi connectivity index (χ4n) is 4.71. The van der Waals surface area contributed by atoms with Crippen molar-refractivity contribution in [3.05, 3.63) is 53.0 Å². The molecule has 2 heterocycles. The quantitative estimate of drug-likeness (QED) is 0.527. The molecule has 5 rings (SSSR count). The number of nitrogens with one attached hydrogen (secondary N) is 1. The molecule has 1 fully saturated rings. The van der Waals surface area contributed by atoms with E-state index in [0.717, 1.165) is 73.6 Å². The van der Waals surface area contributed by atoms with Crippen LogP contribution in [-0.2, 0) is 12.8 Å². The molecule has 3 aromatic rings. The van der Waals surface area contributed by atoms with Crippen LogP contribution in [0.3, 0.4) is 0 Å². The normalized spacial score (nSPS) is 14.6. The second kappa shape index (κ2) is 9.54. The van der Waals surface area contributed by atoms with Crippen molar-refractivity contribution in [2.45, 2.75) is 45.4 Å². The van der Waals surface area contributed by atoms with E-state index in [1.54, 1.807) is 18.0 Å². The van der Waals surface area contributed by atoms with Crippen LogP contribution in [0.15, 0.2) is 30.6 Å². The van der Waals surface area contributed by atoms with Crippen LogP contribution in [0.1, 0.15) is 59.8 Å². The van der Waals surface area contributed by atoms with Crippen LogP contribution in [0.25, 0.3) is 17.2 Å². The van der Waals surface area contributed by atoms with Crippen molar-refractivity contribution in [1.82, 2.24) is 30.0 Å². The van der Waals surface area contributed by atoms with Gasteiger partial charge in [0.2, 0.25) is 0 Å². The van der Waals surface area contributed by atoms with Crippen LogP contribution in [0.2, 0.25) is 0 Å². The third-order valence-corrected chi connectivity index (χ3v) is 6.90. The van der Waals surface area contributed by atoms with Crippen LogP contribution in [0.4, 0.5) is 0 Å².